The number of imidazole rings is 1. The summed E-state index contributed by atoms with van der Waals surface area (Å²) >= 11 is 0. The molecule has 1 amide bonds. The zero-order valence-corrected chi connectivity index (χ0v) is 18.8. The van der Waals surface area contributed by atoms with E-state index in [-0.39, 0.29) is 28.2 Å². The van der Waals surface area contributed by atoms with E-state index in [4.69, 9.17) is 4.11 Å². The Hall–Kier alpha value is -4.09. The van der Waals surface area contributed by atoms with Crippen LogP contribution in [0.15, 0.2) is 47.4 Å². The summed E-state index contributed by atoms with van der Waals surface area (Å²) in [5, 5.41) is 5.95. The number of alkyl halides is 3. The summed E-state index contributed by atoms with van der Waals surface area (Å²) < 4.78 is 71.0. The highest BCUT2D eigenvalue weighted by atomic mass is 19.4. The smallest absolute Gasteiger partial charge is 0.418 e. The maximum Gasteiger partial charge on any atom is 0.418 e. The Morgan fingerprint density at radius 2 is 1.94 bits per heavy atom. The van der Waals surface area contributed by atoms with Gasteiger partial charge in [0.05, 0.1) is 46.5 Å². The minimum atomic E-state index is -4.60. The summed E-state index contributed by atoms with van der Waals surface area (Å²) in [4.78, 5) is 33.5. The average Bonchev–Trinajstić information content (AvgIpc) is 3.10. The van der Waals surface area contributed by atoms with Crippen molar-refractivity contribution in [3.63, 3.8) is 0 Å². The molecule has 3 aliphatic rings. The second-order valence-corrected chi connectivity index (χ2v) is 9.36. The lowest BCUT2D eigenvalue weighted by Crippen LogP contribution is -2.79. The summed E-state index contributed by atoms with van der Waals surface area (Å²) in [6.45, 7) is -2.78. The van der Waals surface area contributed by atoms with E-state index in [0.717, 1.165) is 6.07 Å². The first-order valence-corrected chi connectivity index (χ1v) is 11.0. The second kappa shape index (κ2) is 7.21. The number of fused-ring (bicyclic) bond motifs is 2. The van der Waals surface area contributed by atoms with E-state index >= 15 is 0 Å². The maximum absolute atomic E-state index is 13.5. The topological polar surface area (TPSA) is 103 Å². The van der Waals surface area contributed by atoms with Gasteiger partial charge in [-0.2, -0.15) is 13.2 Å². The summed E-state index contributed by atoms with van der Waals surface area (Å²) in [5.74, 6) is 0.242. The van der Waals surface area contributed by atoms with Crippen LogP contribution in [0.5, 0.6) is 0 Å². The number of anilines is 2. The molecule has 3 fully saturated rings. The molecule has 0 unspecified atom stereocenters. The predicted octanol–water partition coefficient (Wildman–Crippen LogP) is 4.03. The van der Waals surface area contributed by atoms with Crippen LogP contribution in [0.3, 0.4) is 0 Å². The second-order valence-electron chi connectivity index (χ2n) is 9.36. The van der Waals surface area contributed by atoms with E-state index in [9.17, 15) is 22.8 Å². The number of hydrogen-bond donors (Lipinski definition) is 2. The fraction of sp³-hybridized carbons (Fsp3) is 0.333. The average molecular weight is 501 g/mol. The molecular formula is C24H21F3N6O3. The van der Waals surface area contributed by atoms with Crippen molar-refractivity contribution in [2.24, 2.45) is 6.98 Å². The number of methoxy groups -OCH3 is 1. The van der Waals surface area contributed by atoms with Crippen molar-refractivity contribution in [3.8, 4) is 0 Å². The number of rotatable bonds is 4. The van der Waals surface area contributed by atoms with Gasteiger partial charge < -0.3 is 15.4 Å². The Bertz CT molecular complexity index is 1710. The third-order valence-corrected chi connectivity index (χ3v) is 7.04. The molecule has 0 atom stereocenters. The molecule has 0 aliphatic heterocycles. The molecule has 7 rings (SSSR count). The van der Waals surface area contributed by atoms with Crippen LogP contribution in [0.25, 0.3) is 21.9 Å². The fourth-order valence-electron chi connectivity index (χ4n) is 5.57. The zero-order chi connectivity index (χ0) is 28.0. The number of amides is 1. The molecule has 186 valence electrons. The molecule has 3 saturated carbocycles. The molecule has 0 spiro atoms. The van der Waals surface area contributed by atoms with Crippen LogP contribution >= 0.6 is 0 Å². The lowest BCUT2D eigenvalue weighted by atomic mass is 9.44. The van der Waals surface area contributed by atoms with E-state index in [1.54, 1.807) is 0 Å². The van der Waals surface area contributed by atoms with Crippen LogP contribution in [0, 0.1) is 0 Å². The fourth-order valence-corrected chi connectivity index (χ4v) is 5.57. The largest absolute Gasteiger partial charge is 0.453 e. The highest BCUT2D eigenvalue weighted by Gasteiger charge is 2.70. The Balaban J connectivity index is 1.41. The molecule has 3 heterocycles. The van der Waals surface area contributed by atoms with Crippen molar-refractivity contribution < 1.29 is 26.8 Å². The molecule has 9 nitrogen and oxygen atoms in total. The van der Waals surface area contributed by atoms with E-state index < -0.39 is 41.6 Å². The molecule has 36 heavy (non-hydrogen) atoms. The third-order valence-electron chi connectivity index (χ3n) is 7.04. The van der Waals surface area contributed by atoms with Gasteiger partial charge in [0.25, 0.3) is 0 Å². The number of hydrogen-bond acceptors (Lipinski definition) is 6. The van der Waals surface area contributed by atoms with Crippen molar-refractivity contribution in [1.82, 2.24) is 24.4 Å². The summed E-state index contributed by atoms with van der Waals surface area (Å²) in [6, 6.07) is 8.24. The molecule has 1 aromatic carbocycles. The number of ether oxygens (including phenoxy) is 1. The van der Waals surface area contributed by atoms with Gasteiger partial charge in [-0.05, 0) is 37.5 Å². The van der Waals surface area contributed by atoms with Gasteiger partial charge in [-0.1, -0.05) is 12.1 Å². The van der Waals surface area contributed by atoms with Gasteiger partial charge in [-0.25, -0.2) is 19.6 Å². The number of benzene rings is 1. The van der Waals surface area contributed by atoms with E-state index in [0.29, 0.717) is 29.2 Å². The summed E-state index contributed by atoms with van der Waals surface area (Å²) in [6.07, 6.45) is -2.73. The van der Waals surface area contributed by atoms with Gasteiger partial charge in [0.15, 0.2) is 0 Å². The lowest BCUT2D eigenvalue weighted by Gasteiger charge is -2.70. The SMILES string of the molecule is [2H]C([2H])([2H])n1c(=O)n(C23CC(NC(=O)OC)(C2)C3)c2cc(Nc3ccc4cccc(C(F)(F)F)c4n3)ncc21. The maximum atomic E-state index is 13.5. The van der Waals surface area contributed by atoms with Crippen LogP contribution in [-0.2, 0) is 23.4 Å². The normalized spacial score (nSPS) is 24.3. The Kier molecular flexibility index (Phi) is 3.84. The highest BCUT2D eigenvalue weighted by Crippen LogP contribution is 2.65. The summed E-state index contributed by atoms with van der Waals surface area (Å²) in [5.41, 5.74) is -2.72. The van der Waals surface area contributed by atoms with Crippen LogP contribution in [0.2, 0.25) is 0 Å². The van der Waals surface area contributed by atoms with Crippen molar-refractivity contribution in [2.45, 2.75) is 36.5 Å². The number of aryl methyl sites for hydroxylation is 1. The van der Waals surface area contributed by atoms with Gasteiger partial charge in [0, 0.05) is 22.5 Å². The molecule has 3 aromatic heterocycles. The van der Waals surface area contributed by atoms with Gasteiger partial charge in [-0.3, -0.25) is 9.13 Å². The highest BCUT2D eigenvalue weighted by molar-refractivity contribution is 5.85. The van der Waals surface area contributed by atoms with Crippen LogP contribution in [0.1, 0.15) is 28.9 Å². The minimum absolute atomic E-state index is 0.0797. The van der Waals surface area contributed by atoms with Crippen molar-refractivity contribution in [2.75, 3.05) is 12.4 Å². The van der Waals surface area contributed by atoms with E-state index in [2.05, 4.69) is 25.3 Å². The molecule has 2 bridgehead atoms. The number of carbonyl (C=O) groups excluding carboxylic acids is 1. The van der Waals surface area contributed by atoms with Crippen LogP contribution in [0.4, 0.5) is 29.6 Å². The van der Waals surface area contributed by atoms with Crippen LogP contribution < -0.4 is 16.3 Å². The number of nitrogens with zero attached hydrogens (tertiary/aromatic N) is 4. The standard InChI is InChI=1S/C24H21F3N6O3/c1-32-16-9-28-18(29-17-7-6-13-4-3-5-14(19(13)30-17)24(25,26)27)8-15(16)33(21(32)35)23-10-22(11-23,12-23)31-20(34)36-2/h3-9H,10-12H2,1-2H3,(H,31,34)(H,28,29,30)/i1D3. The van der Waals surface area contributed by atoms with Crippen LogP contribution in [-0.4, -0.2) is 37.8 Å². The van der Waals surface area contributed by atoms with Gasteiger partial charge in [0.1, 0.15) is 11.6 Å². The molecular weight excluding hydrogens is 477 g/mol. The first kappa shape index (κ1) is 19.1. The lowest BCUT2D eigenvalue weighted by molar-refractivity contribution is -0.136. The Morgan fingerprint density at radius 1 is 1.17 bits per heavy atom. The third kappa shape index (κ3) is 3.16. The van der Waals surface area contributed by atoms with Crippen molar-refractivity contribution in [1.29, 1.82) is 0 Å². The molecule has 2 N–H and O–H groups in total. The molecule has 3 aliphatic carbocycles. The van der Waals surface area contributed by atoms with E-state index in [1.165, 1.54) is 48.2 Å². The Morgan fingerprint density at radius 3 is 2.64 bits per heavy atom. The van der Waals surface area contributed by atoms with E-state index in [1.807, 2.05) is 0 Å². The zero-order valence-electron chi connectivity index (χ0n) is 21.8. The number of nitrogens with one attached hydrogen (secondary N) is 2. The Labute approximate surface area is 206 Å². The first-order chi connectivity index (χ1) is 18.3. The monoisotopic (exact) mass is 501 g/mol. The number of para-hydroxylation sites is 1. The van der Waals surface area contributed by atoms with Crippen molar-refractivity contribution >= 4 is 39.7 Å². The molecule has 4 aromatic rings. The van der Waals surface area contributed by atoms with Gasteiger partial charge in [0.2, 0.25) is 0 Å². The predicted molar refractivity (Wildman–Crippen MR) is 125 cm³/mol. The number of carbonyl (C=O) groups is 1. The minimum Gasteiger partial charge on any atom is -0.453 e. The quantitative estimate of drug-likeness (QED) is 0.438. The molecule has 0 saturated heterocycles. The van der Waals surface area contributed by atoms with Crippen molar-refractivity contribution in [3.05, 3.63) is 58.6 Å². The van der Waals surface area contributed by atoms with Gasteiger partial charge >= 0.3 is 18.0 Å². The number of pyridine rings is 2. The molecule has 0 radical (unpaired) electrons. The number of aromatic nitrogens is 4. The molecule has 12 heteroatoms. The summed E-state index contributed by atoms with van der Waals surface area (Å²) in [7, 11) is 1.25. The first-order valence-electron chi connectivity index (χ1n) is 12.5. The number of halogens is 3. The number of alkyl carbamates (subject to hydrolysis) is 1. The van der Waals surface area contributed by atoms with Gasteiger partial charge in [-0.15, -0.1) is 0 Å².